The zero-order chi connectivity index (χ0) is 27.4. The molecule has 2 heterocycles. The van der Waals surface area contributed by atoms with Gasteiger partial charge in [-0.1, -0.05) is 31.2 Å². The first-order valence-corrected chi connectivity index (χ1v) is 13.8. The van der Waals surface area contributed by atoms with Gasteiger partial charge in [0.2, 0.25) is 5.91 Å². The topological polar surface area (TPSA) is 73.2 Å². The smallest absolute Gasteiger partial charge is 0.416 e. The highest BCUT2D eigenvalue weighted by molar-refractivity contribution is 7.99. The zero-order valence-corrected chi connectivity index (χ0v) is 22.6. The van der Waals surface area contributed by atoms with Crippen molar-refractivity contribution in [3.05, 3.63) is 74.9 Å². The Morgan fingerprint density at radius 3 is 2.55 bits per heavy atom. The van der Waals surface area contributed by atoms with Gasteiger partial charge in [0, 0.05) is 10.6 Å². The van der Waals surface area contributed by atoms with Crippen LogP contribution in [0.3, 0.4) is 0 Å². The predicted octanol–water partition coefficient (Wildman–Crippen LogP) is 6.86. The molecule has 4 rings (SSSR count). The van der Waals surface area contributed by atoms with Crippen molar-refractivity contribution >= 4 is 44.9 Å². The number of hydrogen-bond donors (Lipinski definition) is 1. The highest BCUT2D eigenvalue weighted by Crippen LogP contribution is 2.32. The fourth-order valence-electron chi connectivity index (χ4n) is 3.96. The maximum absolute atomic E-state index is 13.7. The number of fused-ring (bicyclic) bond motifs is 1. The number of alkyl halides is 3. The van der Waals surface area contributed by atoms with E-state index in [1.165, 1.54) is 28.0 Å². The van der Waals surface area contributed by atoms with Gasteiger partial charge in [-0.2, -0.15) is 13.2 Å². The lowest BCUT2D eigenvalue weighted by atomic mass is 10.1. The van der Waals surface area contributed by atoms with Crippen LogP contribution in [0.1, 0.15) is 36.3 Å². The van der Waals surface area contributed by atoms with Crippen molar-refractivity contribution in [2.45, 2.75) is 44.9 Å². The van der Waals surface area contributed by atoms with Gasteiger partial charge in [-0.3, -0.25) is 14.2 Å². The number of nitrogens with one attached hydrogen (secondary N) is 1. The third kappa shape index (κ3) is 6.05. The Morgan fingerprint density at radius 2 is 1.89 bits per heavy atom. The number of amides is 1. The van der Waals surface area contributed by atoms with Crippen LogP contribution in [0.25, 0.3) is 15.9 Å². The van der Waals surface area contributed by atoms with Crippen LogP contribution in [0.5, 0.6) is 5.75 Å². The van der Waals surface area contributed by atoms with Gasteiger partial charge in [0.15, 0.2) is 5.16 Å². The third-order valence-corrected chi connectivity index (χ3v) is 7.91. The normalized spacial score (nSPS) is 11.6. The Hall–Kier alpha value is -3.31. The van der Waals surface area contributed by atoms with Gasteiger partial charge in [-0.25, -0.2) is 4.98 Å². The minimum Gasteiger partial charge on any atom is -0.494 e. The molecule has 0 atom stereocenters. The predicted molar refractivity (Wildman–Crippen MR) is 146 cm³/mol. The van der Waals surface area contributed by atoms with E-state index in [4.69, 9.17) is 9.72 Å². The van der Waals surface area contributed by atoms with E-state index in [9.17, 15) is 22.8 Å². The number of rotatable bonds is 9. The molecule has 0 aliphatic carbocycles. The van der Waals surface area contributed by atoms with Crippen molar-refractivity contribution in [2.24, 2.45) is 0 Å². The van der Waals surface area contributed by atoms with Crippen LogP contribution < -0.4 is 15.6 Å². The second-order valence-corrected chi connectivity index (χ2v) is 10.5. The number of nitrogens with zero attached hydrogens (tertiary/aromatic N) is 2. The summed E-state index contributed by atoms with van der Waals surface area (Å²) >= 11 is 2.51. The maximum atomic E-state index is 13.7. The largest absolute Gasteiger partial charge is 0.494 e. The van der Waals surface area contributed by atoms with Crippen molar-refractivity contribution in [1.82, 2.24) is 9.55 Å². The molecule has 0 bridgehead atoms. The summed E-state index contributed by atoms with van der Waals surface area (Å²) in [6.07, 6.45) is -2.76. The van der Waals surface area contributed by atoms with Crippen LogP contribution in [-0.4, -0.2) is 27.8 Å². The van der Waals surface area contributed by atoms with Gasteiger partial charge in [-0.15, -0.1) is 11.3 Å². The number of ether oxygens (including phenoxy) is 1. The molecule has 0 spiro atoms. The number of halogens is 3. The average Bonchev–Trinajstić information content (AvgIpc) is 3.18. The lowest BCUT2D eigenvalue weighted by molar-refractivity contribution is -0.137. The summed E-state index contributed by atoms with van der Waals surface area (Å²) in [6.45, 7) is 6.37. The van der Waals surface area contributed by atoms with Crippen LogP contribution in [-0.2, 0) is 17.4 Å². The average molecular weight is 562 g/mol. The number of carbonyl (C=O) groups is 1. The molecule has 0 fully saturated rings. The number of benzene rings is 2. The molecule has 1 amide bonds. The first-order valence-electron chi connectivity index (χ1n) is 12.0. The highest BCUT2D eigenvalue weighted by Gasteiger charge is 2.30. The molecule has 6 nitrogen and oxygen atoms in total. The van der Waals surface area contributed by atoms with Gasteiger partial charge in [0.25, 0.3) is 5.56 Å². The number of thioether (sulfide) groups is 1. The number of anilines is 1. The van der Waals surface area contributed by atoms with Gasteiger partial charge < -0.3 is 10.1 Å². The summed E-state index contributed by atoms with van der Waals surface area (Å²) in [5.41, 5.74) is 0.418. The summed E-state index contributed by atoms with van der Waals surface area (Å²) < 4.78 is 46.1. The maximum Gasteiger partial charge on any atom is 0.416 e. The van der Waals surface area contributed by atoms with Crippen LogP contribution in [0, 0.1) is 6.92 Å². The number of carbonyl (C=O) groups excluding carboxylic acids is 1. The van der Waals surface area contributed by atoms with Crippen molar-refractivity contribution in [2.75, 3.05) is 17.7 Å². The molecule has 0 aliphatic heterocycles. The monoisotopic (exact) mass is 561 g/mol. The molecular weight excluding hydrogens is 535 g/mol. The summed E-state index contributed by atoms with van der Waals surface area (Å²) in [7, 11) is 0. The Labute approximate surface area is 225 Å². The first-order chi connectivity index (χ1) is 18.1. The van der Waals surface area contributed by atoms with Crippen molar-refractivity contribution in [1.29, 1.82) is 0 Å². The fraction of sp³-hybridized carbons (Fsp3) is 0.296. The SMILES string of the molecule is CCCc1sc2nc(SCC(=O)Nc3cccc(C(F)(F)F)c3)n(-c3ccc(OCC)cc3)c(=O)c2c1C. The third-order valence-electron chi connectivity index (χ3n) is 5.72. The lowest BCUT2D eigenvalue weighted by Gasteiger charge is -2.13. The van der Waals surface area contributed by atoms with E-state index in [1.54, 1.807) is 24.3 Å². The fourth-order valence-corrected chi connectivity index (χ4v) is 6.09. The second kappa shape index (κ2) is 11.6. The molecular formula is C27H26F3N3O3S2. The molecule has 0 unspecified atom stereocenters. The van der Waals surface area contributed by atoms with Crippen LogP contribution in [0.2, 0.25) is 0 Å². The van der Waals surface area contributed by atoms with E-state index in [0.29, 0.717) is 33.4 Å². The molecule has 38 heavy (non-hydrogen) atoms. The Morgan fingerprint density at radius 1 is 1.16 bits per heavy atom. The zero-order valence-electron chi connectivity index (χ0n) is 21.0. The number of aromatic nitrogens is 2. The van der Waals surface area contributed by atoms with Gasteiger partial charge in [0.1, 0.15) is 10.6 Å². The van der Waals surface area contributed by atoms with Crippen molar-refractivity contribution < 1.29 is 22.7 Å². The summed E-state index contributed by atoms with van der Waals surface area (Å²) in [5, 5.41) is 3.36. The Bertz CT molecular complexity index is 1510. The molecule has 0 saturated carbocycles. The van der Waals surface area contributed by atoms with Gasteiger partial charge in [0.05, 0.1) is 29.0 Å². The molecule has 1 N–H and O–H groups in total. The minimum absolute atomic E-state index is 0.0378. The van der Waals surface area contributed by atoms with E-state index in [0.717, 1.165) is 47.2 Å². The number of aryl methyl sites for hydroxylation is 2. The highest BCUT2D eigenvalue weighted by atomic mass is 32.2. The summed E-state index contributed by atoms with van der Waals surface area (Å²) in [4.78, 5) is 32.8. The molecule has 0 radical (unpaired) electrons. The Kier molecular flexibility index (Phi) is 8.47. The summed E-state index contributed by atoms with van der Waals surface area (Å²) in [6, 6.07) is 11.5. The molecule has 0 saturated heterocycles. The van der Waals surface area contributed by atoms with Gasteiger partial charge in [-0.05, 0) is 68.3 Å². The van der Waals surface area contributed by atoms with E-state index < -0.39 is 17.6 Å². The number of thiophene rings is 1. The van der Waals surface area contributed by atoms with Gasteiger partial charge >= 0.3 is 6.18 Å². The second-order valence-electron chi connectivity index (χ2n) is 8.46. The van der Waals surface area contributed by atoms with Crippen LogP contribution >= 0.6 is 23.1 Å². The van der Waals surface area contributed by atoms with E-state index in [1.807, 2.05) is 13.8 Å². The van der Waals surface area contributed by atoms with Crippen molar-refractivity contribution in [3.63, 3.8) is 0 Å². The van der Waals surface area contributed by atoms with Crippen molar-refractivity contribution in [3.8, 4) is 11.4 Å². The molecule has 4 aromatic rings. The van der Waals surface area contributed by atoms with Crippen LogP contribution in [0.15, 0.2) is 58.5 Å². The van der Waals surface area contributed by atoms with Crippen LogP contribution in [0.4, 0.5) is 18.9 Å². The van der Waals surface area contributed by atoms with E-state index in [-0.39, 0.29) is 17.0 Å². The minimum atomic E-state index is -4.52. The molecule has 11 heteroatoms. The lowest BCUT2D eigenvalue weighted by Crippen LogP contribution is -2.23. The summed E-state index contributed by atoms with van der Waals surface area (Å²) in [5.74, 6) is -0.0156. The molecule has 2 aromatic carbocycles. The quantitative estimate of drug-likeness (QED) is 0.179. The van der Waals surface area contributed by atoms with E-state index in [2.05, 4.69) is 12.2 Å². The van der Waals surface area contributed by atoms with E-state index >= 15 is 0 Å². The first kappa shape index (κ1) is 27.7. The molecule has 0 aliphatic rings. The molecule has 2 aromatic heterocycles. The molecule has 200 valence electrons. The number of hydrogen-bond acceptors (Lipinski definition) is 6. The Balaban J connectivity index is 1.67. The standard InChI is InChI=1S/C27H26F3N3O3S2/c1-4-7-21-16(3)23-24(38-21)32-26(33(25(23)35)19-10-12-20(13-11-19)36-5-2)37-15-22(34)31-18-9-6-8-17(14-18)27(28,29)30/h6,8-14H,4-5,7,15H2,1-3H3,(H,31,34).